The van der Waals surface area contributed by atoms with Crippen molar-refractivity contribution in [3.05, 3.63) is 76.8 Å². The third-order valence-electron chi connectivity index (χ3n) is 6.36. The van der Waals surface area contributed by atoms with E-state index in [2.05, 4.69) is 15.6 Å². The Morgan fingerprint density at radius 3 is 2.58 bits per heavy atom. The smallest absolute Gasteiger partial charge is 0.322 e. The largest absolute Gasteiger partial charge is 0.350 e. The topological polar surface area (TPSA) is 94.6 Å². The van der Waals surface area contributed by atoms with E-state index >= 15 is 0 Å². The quantitative estimate of drug-likeness (QED) is 0.712. The zero-order valence-electron chi connectivity index (χ0n) is 19.4. The predicted molar refractivity (Wildman–Crippen MR) is 124 cm³/mol. The molecule has 2 N–H and O–H groups in total. The number of hydrogen-bond donors (Lipinski definition) is 2. The molecule has 2 aromatic rings. The van der Waals surface area contributed by atoms with E-state index in [0.717, 1.165) is 16.7 Å². The third-order valence-corrected chi connectivity index (χ3v) is 6.36. The van der Waals surface area contributed by atoms with E-state index in [4.69, 9.17) is 0 Å². The Balaban J connectivity index is 1.61. The molecule has 1 aromatic carbocycles. The van der Waals surface area contributed by atoms with Gasteiger partial charge >= 0.3 is 6.03 Å². The van der Waals surface area contributed by atoms with Gasteiger partial charge in [0.2, 0.25) is 5.91 Å². The van der Waals surface area contributed by atoms with Gasteiger partial charge in [-0.1, -0.05) is 35.9 Å². The Labute approximate surface area is 193 Å². The van der Waals surface area contributed by atoms with Gasteiger partial charge in [0, 0.05) is 25.5 Å². The van der Waals surface area contributed by atoms with Crippen LogP contribution in [0.25, 0.3) is 0 Å². The molecule has 0 unspecified atom stereocenters. The molecular formula is C25H29N5O3. The first kappa shape index (κ1) is 22.5. The Kier molecular flexibility index (Phi) is 5.93. The molecule has 8 heteroatoms. The highest BCUT2D eigenvalue weighted by Gasteiger charge is 2.49. The number of nitrogens with one attached hydrogen (secondary N) is 2. The summed E-state index contributed by atoms with van der Waals surface area (Å²) in [6.07, 6.45) is 3.37. The highest BCUT2D eigenvalue weighted by Crippen LogP contribution is 2.38. The maximum absolute atomic E-state index is 13.7. The van der Waals surface area contributed by atoms with Crippen LogP contribution in [-0.2, 0) is 16.1 Å². The number of benzene rings is 1. The maximum atomic E-state index is 13.7. The van der Waals surface area contributed by atoms with Crippen molar-refractivity contribution in [3.8, 4) is 0 Å². The van der Waals surface area contributed by atoms with Crippen LogP contribution in [0.2, 0.25) is 0 Å². The summed E-state index contributed by atoms with van der Waals surface area (Å²) in [4.78, 5) is 46.9. The van der Waals surface area contributed by atoms with Gasteiger partial charge < -0.3 is 15.5 Å². The first-order chi connectivity index (χ1) is 15.7. The van der Waals surface area contributed by atoms with Gasteiger partial charge in [-0.2, -0.15) is 0 Å². The number of likely N-dealkylation sites (N-methyl/N-ethyl adjacent to an activating group) is 1. The molecule has 0 aliphatic carbocycles. The molecule has 33 heavy (non-hydrogen) atoms. The zero-order chi connectivity index (χ0) is 23.8. The van der Waals surface area contributed by atoms with Gasteiger partial charge in [0.05, 0.1) is 23.9 Å². The molecule has 0 spiro atoms. The van der Waals surface area contributed by atoms with Crippen LogP contribution in [0.3, 0.4) is 0 Å². The lowest BCUT2D eigenvalue weighted by molar-refractivity contribution is -0.141. The molecule has 0 saturated heterocycles. The van der Waals surface area contributed by atoms with Gasteiger partial charge in [-0.05, 0) is 44.9 Å². The summed E-state index contributed by atoms with van der Waals surface area (Å²) in [6, 6.07) is 10.7. The van der Waals surface area contributed by atoms with E-state index in [-0.39, 0.29) is 24.4 Å². The molecule has 3 heterocycles. The minimum Gasteiger partial charge on any atom is -0.350 e. The van der Waals surface area contributed by atoms with Crippen molar-refractivity contribution in [1.29, 1.82) is 0 Å². The van der Waals surface area contributed by atoms with E-state index in [0.29, 0.717) is 24.4 Å². The summed E-state index contributed by atoms with van der Waals surface area (Å²) >= 11 is 0. The fraction of sp³-hybridized carbons (Fsp3) is 0.360. The second-order valence-corrected chi connectivity index (χ2v) is 8.89. The Bertz CT molecular complexity index is 1110. The highest BCUT2D eigenvalue weighted by atomic mass is 16.2. The number of hydrogen-bond acceptors (Lipinski definition) is 4. The minimum atomic E-state index is -1.11. The highest BCUT2D eigenvalue weighted by molar-refractivity contribution is 6.04. The van der Waals surface area contributed by atoms with E-state index in [1.165, 1.54) is 0 Å². The van der Waals surface area contributed by atoms with Gasteiger partial charge in [-0.3, -0.25) is 19.5 Å². The Morgan fingerprint density at radius 1 is 1.21 bits per heavy atom. The molecule has 2 aliphatic rings. The van der Waals surface area contributed by atoms with Crippen molar-refractivity contribution < 1.29 is 14.4 Å². The number of carbonyl (C=O) groups excluding carboxylic acids is 3. The number of amides is 4. The van der Waals surface area contributed by atoms with Crippen LogP contribution >= 0.6 is 0 Å². The monoisotopic (exact) mass is 447 g/mol. The average Bonchev–Trinajstić information content (AvgIpc) is 3.16. The van der Waals surface area contributed by atoms with Gasteiger partial charge in [-0.25, -0.2) is 4.79 Å². The second-order valence-electron chi connectivity index (χ2n) is 8.89. The molecular weight excluding hydrogens is 418 g/mol. The number of urea groups is 1. The molecule has 8 nitrogen and oxygen atoms in total. The molecule has 2 aliphatic heterocycles. The van der Waals surface area contributed by atoms with Gasteiger partial charge in [0.25, 0.3) is 5.91 Å². The van der Waals surface area contributed by atoms with Crippen molar-refractivity contribution in [2.75, 3.05) is 13.1 Å². The van der Waals surface area contributed by atoms with Gasteiger partial charge in [0.1, 0.15) is 5.54 Å². The van der Waals surface area contributed by atoms with Crippen LogP contribution in [0.4, 0.5) is 4.79 Å². The van der Waals surface area contributed by atoms with E-state index in [1.54, 1.807) is 36.0 Å². The predicted octanol–water partition coefficient (Wildman–Crippen LogP) is 2.67. The summed E-state index contributed by atoms with van der Waals surface area (Å²) in [5.74, 6) is -0.510. The fourth-order valence-electron chi connectivity index (χ4n) is 4.31. The van der Waals surface area contributed by atoms with Crippen molar-refractivity contribution in [1.82, 2.24) is 25.4 Å². The van der Waals surface area contributed by atoms with E-state index in [1.807, 2.05) is 50.2 Å². The molecule has 4 rings (SSSR count). The number of rotatable bonds is 6. The lowest BCUT2D eigenvalue weighted by Gasteiger charge is -2.35. The number of nitrogens with zero attached hydrogens (tertiary/aromatic N) is 3. The standard InChI is InChI=1S/C25H29N5O3/c1-5-29-19-15-30(25(3,4)23(32)27-14-17-7-6-12-26-13-17)22(31)20(19)21(28-24(29)33)18-10-8-16(2)9-11-18/h6-13,21H,5,14-15H2,1-4H3,(H,27,32)(H,28,33)/t21-/m1/s1. The van der Waals surface area contributed by atoms with Crippen LogP contribution in [0.15, 0.2) is 60.1 Å². The van der Waals surface area contributed by atoms with E-state index in [9.17, 15) is 14.4 Å². The summed E-state index contributed by atoms with van der Waals surface area (Å²) < 4.78 is 0. The molecule has 0 radical (unpaired) electrons. The number of aryl methyl sites for hydroxylation is 1. The maximum Gasteiger partial charge on any atom is 0.322 e. The summed E-state index contributed by atoms with van der Waals surface area (Å²) in [6.45, 7) is 8.27. The third kappa shape index (κ3) is 4.08. The van der Waals surface area contributed by atoms with Crippen LogP contribution in [0.1, 0.15) is 43.5 Å². The molecule has 172 valence electrons. The van der Waals surface area contributed by atoms with Gasteiger partial charge in [-0.15, -0.1) is 0 Å². The minimum absolute atomic E-state index is 0.200. The molecule has 0 saturated carbocycles. The number of aromatic nitrogens is 1. The number of pyridine rings is 1. The molecule has 1 aromatic heterocycles. The molecule has 1 atom stereocenters. The lowest BCUT2D eigenvalue weighted by atomic mass is 9.94. The van der Waals surface area contributed by atoms with E-state index < -0.39 is 11.6 Å². The van der Waals surface area contributed by atoms with Crippen LogP contribution in [0, 0.1) is 6.92 Å². The van der Waals surface area contributed by atoms with Crippen molar-refractivity contribution >= 4 is 17.8 Å². The van der Waals surface area contributed by atoms with Crippen molar-refractivity contribution in [2.45, 2.75) is 45.8 Å². The van der Waals surface area contributed by atoms with Crippen LogP contribution in [-0.4, -0.2) is 51.3 Å². The van der Waals surface area contributed by atoms with Crippen molar-refractivity contribution in [2.24, 2.45) is 0 Å². The van der Waals surface area contributed by atoms with Crippen LogP contribution in [0.5, 0.6) is 0 Å². The Morgan fingerprint density at radius 2 is 1.94 bits per heavy atom. The normalized spacial score (nSPS) is 18.4. The fourth-order valence-corrected chi connectivity index (χ4v) is 4.31. The molecule has 0 bridgehead atoms. The molecule has 0 fully saturated rings. The first-order valence-electron chi connectivity index (χ1n) is 11.1. The summed E-state index contributed by atoms with van der Waals surface area (Å²) in [5.41, 5.74) is 2.87. The van der Waals surface area contributed by atoms with Crippen molar-refractivity contribution in [3.63, 3.8) is 0 Å². The number of carbonyl (C=O) groups is 3. The average molecular weight is 448 g/mol. The SMILES string of the molecule is CCN1C(=O)N[C@H](c2ccc(C)cc2)C2=C1CN(C(C)(C)C(=O)NCc1cccnc1)C2=O. The van der Waals surface area contributed by atoms with Crippen LogP contribution < -0.4 is 10.6 Å². The molecule has 4 amide bonds. The lowest BCUT2D eigenvalue weighted by Crippen LogP contribution is -2.56. The zero-order valence-corrected chi connectivity index (χ0v) is 19.4. The first-order valence-corrected chi connectivity index (χ1v) is 11.1. The van der Waals surface area contributed by atoms with Gasteiger partial charge in [0.15, 0.2) is 0 Å². The summed E-state index contributed by atoms with van der Waals surface area (Å²) in [7, 11) is 0. The Hall–Kier alpha value is -3.68. The second kappa shape index (κ2) is 8.69. The summed E-state index contributed by atoms with van der Waals surface area (Å²) in [5, 5.41) is 5.89.